The van der Waals surface area contributed by atoms with Crippen LogP contribution in [0.5, 0.6) is 11.8 Å². The van der Waals surface area contributed by atoms with Gasteiger partial charge >= 0.3 is 17.2 Å². The van der Waals surface area contributed by atoms with Crippen molar-refractivity contribution in [3.63, 3.8) is 0 Å². The van der Waals surface area contributed by atoms with Crippen molar-refractivity contribution < 1.29 is 49.0 Å². The van der Waals surface area contributed by atoms with Crippen molar-refractivity contribution in [2.45, 2.75) is 34.8 Å². The monoisotopic (exact) mass is 608 g/mol. The van der Waals surface area contributed by atoms with Gasteiger partial charge < -0.3 is 14.5 Å². The van der Waals surface area contributed by atoms with Crippen molar-refractivity contribution in [3.05, 3.63) is 29.4 Å². The molecule has 0 spiro atoms. The summed E-state index contributed by atoms with van der Waals surface area (Å²) in [5.74, 6) is -0.372. The summed E-state index contributed by atoms with van der Waals surface area (Å²) in [5, 5.41) is 0.201. The zero-order valence-electron chi connectivity index (χ0n) is 16.5. The summed E-state index contributed by atoms with van der Waals surface area (Å²) in [5.41, 5.74) is 0. The van der Waals surface area contributed by atoms with E-state index >= 15 is 0 Å². The van der Waals surface area contributed by atoms with Crippen LogP contribution in [0, 0.1) is 4.64 Å². The van der Waals surface area contributed by atoms with Crippen LogP contribution in [0.15, 0.2) is 29.8 Å². The fraction of sp³-hybridized carbons (Fsp3) is 0.500. The third-order valence-corrected chi connectivity index (χ3v) is 4.70. The second-order valence-corrected chi connectivity index (χ2v) is 8.49. The van der Waals surface area contributed by atoms with Gasteiger partial charge in [-0.15, -0.1) is 11.8 Å². The lowest BCUT2D eigenvalue weighted by molar-refractivity contribution is -0.154. The highest BCUT2D eigenvalue weighted by molar-refractivity contribution is 9.10. The first kappa shape index (κ1) is 30.2. The standard InChI is InChI=1S/C10H9BrF6N2OS.C6H5F3N2OS/c11-10(16,17)6(12)1-2-21-8-3-7(18-5-19-8)20-4-9(13,14)15;7-6(8,9)2-12-4-1-5(13)11-3-10-4/h3,5-6H,1-2,4H2;1,3H,2H2,(H,10,11,13). The third-order valence-electron chi connectivity index (χ3n) is 3.02. The molecule has 0 fully saturated rings. The molecular formula is C16H14BrF9N4O2S2. The maximum absolute atomic E-state index is 13.0. The smallest absolute Gasteiger partial charge is 0.422 e. The van der Waals surface area contributed by atoms with Crippen molar-refractivity contribution in [3.8, 4) is 11.8 Å². The van der Waals surface area contributed by atoms with E-state index in [0.717, 1.165) is 24.2 Å². The van der Waals surface area contributed by atoms with E-state index in [9.17, 15) is 39.5 Å². The van der Waals surface area contributed by atoms with Crippen LogP contribution < -0.4 is 9.47 Å². The Bertz CT molecular complexity index is 942. The molecule has 1 unspecified atom stereocenters. The van der Waals surface area contributed by atoms with Gasteiger partial charge in [-0.05, 0) is 22.4 Å². The Labute approximate surface area is 203 Å². The molecule has 2 rings (SSSR count). The number of hydrogen-bond acceptors (Lipinski definition) is 7. The summed E-state index contributed by atoms with van der Waals surface area (Å²) in [6.07, 6.45) is -9.52. The highest BCUT2D eigenvalue weighted by Gasteiger charge is 2.36. The van der Waals surface area contributed by atoms with Gasteiger partial charge in [-0.1, -0.05) is 12.2 Å². The van der Waals surface area contributed by atoms with Gasteiger partial charge in [-0.3, -0.25) is 0 Å². The summed E-state index contributed by atoms with van der Waals surface area (Å²) in [6.45, 7) is -2.85. The van der Waals surface area contributed by atoms with Crippen LogP contribution in [-0.4, -0.2) is 62.3 Å². The van der Waals surface area contributed by atoms with Gasteiger partial charge in [0.1, 0.15) is 16.0 Å². The van der Waals surface area contributed by atoms with E-state index in [0.29, 0.717) is 0 Å². The first-order valence-electron chi connectivity index (χ1n) is 8.64. The number of alkyl halides is 10. The Balaban J connectivity index is 0.000000380. The summed E-state index contributed by atoms with van der Waals surface area (Å²) in [7, 11) is 0. The highest BCUT2D eigenvalue weighted by atomic mass is 79.9. The van der Waals surface area contributed by atoms with E-state index in [1.165, 1.54) is 12.4 Å². The molecule has 0 amide bonds. The van der Waals surface area contributed by atoms with Gasteiger partial charge in [0.15, 0.2) is 25.3 Å². The van der Waals surface area contributed by atoms with E-state index in [4.69, 9.17) is 0 Å². The van der Waals surface area contributed by atoms with E-state index < -0.39 is 43.0 Å². The number of nitrogens with zero attached hydrogens (tertiary/aromatic N) is 3. The van der Waals surface area contributed by atoms with Crippen molar-refractivity contribution in [1.82, 2.24) is 19.9 Å². The molecule has 0 bridgehead atoms. The van der Waals surface area contributed by atoms with Crippen molar-refractivity contribution in [1.29, 1.82) is 0 Å². The molecular weight excluding hydrogens is 595 g/mol. The Kier molecular flexibility index (Phi) is 11.8. The van der Waals surface area contributed by atoms with Crippen molar-refractivity contribution >= 4 is 39.9 Å². The number of nitrogens with one attached hydrogen (secondary N) is 1. The van der Waals surface area contributed by atoms with E-state index in [2.05, 4.69) is 41.6 Å². The van der Waals surface area contributed by atoms with E-state index in [-0.39, 0.29) is 27.2 Å². The second kappa shape index (κ2) is 13.3. The molecule has 0 saturated carbocycles. The number of H-pyrrole nitrogens is 1. The first-order valence-corrected chi connectivity index (χ1v) is 10.8. The molecule has 0 saturated heterocycles. The molecule has 2 aromatic heterocycles. The van der Waals surface area contributed by atoms with Crippen molar-refractivity contribution in [2.75, 3.05) is 19.0 Å². The molecule has 2 heterocycles. The number of rotatable bonds is 9. The van der Waals surface area contributed by atoms with Crippen LogP contribution in [0.3, 0.4) is 0 Å². The molecule has 192 valence electrons. The van der Waals surface area contributed by atoms with E-state index in [1.54, 1.807) is 0 Å². The number of aromatic amines is 1. The van der Waals surface area contributed by atoms with Crippen LogP contribution in [0.1, 0.15) is 6.42 Å². The van der Waals surface area contributed by atoms with Gasteiger partial charge in [0.05, 0.1) is 6.33 Å². The maximum atomic E-state index is 13.0. The fourth-order valence-corrected chi connectivity index (χ4v) is 2.89. The molecule has 18 heteroatoms. The quantitative estimate of drug-likeness (QED) is 0.118. The Hall–Kier alpha value is -1.82. The minimum Gasteiger partial charge on any atom is -0.469 e. The van der Waals surface area contributed by atoms with Crippen molar-refractivity contribution in [2.24, 2.45) is 0 Å². The summed E-state index contributed by atoms with van der Waals surface area (Å²) in [6, 6.07) is 2.33. The molecule has 2 aromatic rings. The normalized spacial score (nSPS) is 13.0. The molecule has 0 aliphatic rings. The van der Waals surface area contributed by atoms with Crippen LogP contribution in [0.4, 0.5) is 39.5 Å². The fourth-order valence-electron chi connectivity index (χ4n) is 1.66. The van der Waals surface area contributed by atoms with Gasteiger partial charge in [-0.2, -0.15) is 35.1 Å². The number of ether oxygens (including phenoxy) is 2. The van der Waals surface area contributed by atoms with Crippen LogP contribution in [0.25, 0.3) is 0 Å². The van der Waals surface area contributed by atoms with Gasteiger partial charge in [0, 0.05) is 17.9 Å². The van der Waals surface area contributed by atoms with E-state index in [1.807, 2.05) is 15.9 Å². The highest BCUT2D eigenvalue weighted by Crippen LogP contribution is 2.32. The first-order chi connectivity index (χ1) is 15.5. The molecule has 0 radical (unpaired) electrons. The number of aromatic nitrogens is 4. The number of halogens is 10. The molecule has 0 aromatic carbocycles. The predicted octanol–water partition coefficient (Wildman–Crippen LogP) is 6.31. The maximum Gasteiger partial charge on any atom is 0.422 e. The number of hydrogen-bond donors (Lipinski definition) is 1. The molecule has 0 aliphatic heterocycles. The minimum atomic E-state index is -4.50. The average Bonchev–Trinajstić information content (AvgIpc) is 2.70. The molecule has 1 N–H and O–H groups in total. The lowest BCUT2D eigenvalue weighted by Gasteiger charge is -2.13. The molecule has 34 heavy (non-hydrogen) atoms. The minimum absolute atomic E-state index is 0.0297. The average molecular weight is 609 g/mol. The largest absolute Gasteiger partial charge is 0.469 e. The second-order valence-electron chi connectivity index (χ2n) is 5.90. The van der Waals surface area contributed by atoms with Gasteiger partial charge in [-0.25, -0.2) is 19.3 Å². The Morgan fingerprint density at radius 1 is 0.971 bits per heavy atom. The molecule has 1 atom stereocenters. The SMILES string of the molecule is FC(CCSc1cc(OCC(F)(F)F)ncn1)C(F)(F)Br.FC(F)(F)COc1cc(=S)nc[nH]1. The Morgan fingerprint density at radius 3 is 2.15 bits per heavy atom. The predicted molar refractivity (Wildman–Crippen MR) is 109 cm³/mol. The lowest BCUT2D eigenvalue weighted by atomic mass is 10.3. The topological polar surface area (TPSA) is 72.9 Å². The molecule has 6 nitrogen and oxygen atoms in total. The zero-order chi connectivity index (χ0) is 26.0. The third kappa shape index (κ3) is 14.4. The Morgan fingerprint density at radius 2 is 1.59 bits per heavy atom. The van der Waals surface area contributed by atoms with Gasteiger partial charge in [0.2, 0.25) is 5.88 Å². The van der Waals surface area contributed by atoms with Crippen LogP contribution in [0.2, 0.25) is 0 Å². The summed E-state index contributed by atoms with van der Waals surface area (Å²) >= 11 is 7.43. The zero-order valence-corrected chi connectivity index (χ0v) is 19.7. The summed E-state index contributed by atoms with van der Waals surface area (Å²) in [4.78, 5) is 9.54. The number of thioether (sulfide) groups is 1. The van der Waals surface area contributed by atoms with Crippen LogP contribution in [-0.2, 0) is 0 Å². The lowest BCUT2D eigenvalue weighted by Crippen LogP contribution is -2.22. The summed E-state index contributed by atoms with van der Waals surface area (Å²) < 4.78 is 118. The molecule has 0 aliphatic carbocycles. The van der Waals surface area contributed by atoms with Gasteiger partial charge in [0.25, 0.3) is 0 Å². The van der Waals surface area contributed by atoms with Crippen LogP contribution >= 0.6 is 39.9 Å².